The van der Waals surface area contributed by atoms with Gasteiger partial charge < -0.3 is 19.9 Å². The van der Waals surface area contributed by atoms with E-state index in [4.69, 9.17) is 14.6 Å². The van der Waals surface area contributed by atoms with Crippen molar-refractivity contribution in [1.29, 1.82) is 0 Å². The first kappa shape index (κ1) is 15.4. The summed E-state index contributed by atoms with van der Waals surface area (Å²) in [6, 6.07) is 17.3. The number of hydrogen-bond donors (Lipinski definition) is 2. The minimum atomic E-state index is 0.170. The maximum Gasteiger partial charge on any atom is 0.127 e. The number of rotatable bonds is 9. The third kappa shape index (κ3) is 5.85. The third-order valence-corrected chi connectivity index (χ3v) is 2.86. The van der Waals surface area contributed by atoms with Crippen molar-refractivity contribution in [2.45, 2.75) is 6.42 Å². The van der Waals surface area contributed by atoms with Crippen molar-refractivity contribution in [2.24, 2.45) is 0 Å². The zero-order chi connectivity index (χ0) is 14.8. The highest BCUT2D eigenvalue weighted by molar-refractivity contribution is 5.35. The Bertz CT molecular complexity index is 499. The average molecular weight is 287 g/mol. The van der Waals surface area contributed by atoms with E-state index in [2.05, 4.69) is 5.32 Å². The Morgan fingerprint density at radius 3 is 2.19 bits per heavy atom. The average Bonchev–Trinajstić information content (AvgIpc) is 2.53. The molecule has 4 heteroatoms. The largest absolute Gasteiger partial charge is 0.494 e. The highest BCUT2D eigenvalue weighted by atomic mass is 16.5. The second-order valence-corrected chi connectivity index (χ2v) is 4.56. The fraction of sp³-hybridized carbons (Fsp3) is 0.294. The van der Waals surface area contributed by atoms with Crippen LogP contribution in [0.1, 0.15) is 6.42 Å². The SMILES string of the molecule is OCCNCCCOc1ccc(Oc2ccccc2)cc1. The first-order chi connectivity index (χ1) is 10.4. The third-order valence-electron chi connectivity index (χ3n) is 2.86. The molecule has 2 aromatic carbocycles. The van der Waals surface area contributed by atoms with Gasteiger partial charge in [-0.05, 0) is 49.4 Å². The minimum absolute atomic E-state index is 0.170. The van der Waals surface area contributed by atoms with Crippen molar-refractivity contribution in [2.75, 3.05) is 26.3 Å². The van der Waals surface area contributed by atoms with Gasteiger partial charge in [-0.15, -0.1) is 0 Å². The summed E-state index contributed by atoms with van der Waals surface area (Å²) in [7, 11) is 0. The molecule has 2 N–H and O–H groups in total. The molecule has 0 unspecified atom stereocenters. The normalized spacial score (nSPS) is 10.3. The van der Waals surface area contributed by atoms with Gasteiger partial charge in [-0.1, -0.05) is 18.2 Å². The molecule has 0 aromatic heterocycles. The molecule has 112 valence electrons. The zero-order valence-electron chi connectivity index (χ0n) is 12.0. The maximum atomic E-state index is 8.63. The summed E-state index contributed by atoms with van der Waals surface area (Å²) in [5.41, 5.74) is 0. The van der Waals surface area contributed by atoms with Crippen LogP contribution in [0.25, 0.3) is 0 Å². The van der Waals surface area contributed by atoms with Gasteiger partial charge in [-0.2, -0.15) is 0 Å². The first-order valence-electron chi connectivity index (χ1n) is 7.16. The highest BCUT2D eigenvalue weighted by Crippen LogP contribution is 2.23. The zero-order valence-corrected chi connectivity index (χ0v) is 12.0. The van der Waals surface area contributed by atoms with Crippen LogP contribution in [0.4, 0.5) is 0 Å². The van der Waals surface area contributed by atoms with E-state index < -0.39 is 0 Å². The Kier molecular flexibility index (Phi) is 6.58. The molecule has 0 fully saturated rings. The Hall–Kier alpha value is -2.04. The van der Waals surface area contributed by atoms with Crippen LogP contribution in [0.3, 0.4) is 0 Å². The number of hydrogen-bond acceptors (Lipinski definition) is 4. The van der Waals surface area contributed by atoms with Gasteiger partial charge in [0.15, 0.2) is 0 Å². The predicted octanol–water partition coefficient (Wildman–Crippen LogP) is 2.83. The van der Waals surface area contributed by atoms with Crippen molar-refractivity contribution in [3.05, 3.63) is 54.6 Å². The quantitative estimate of drug-likeness (QED) is 0.696. The van der Waals surface area contributed by atoms with Crippen LogP contribution in [0.5, 0.6) is 17.2 Å². The molecule has 0 aliphatic heterocycles. The van der Waals surface area contributed by atoms with Crippen LogP contribution in [-0.4, -0.2) is 31.4 Å². The van der Waals surface area contributed by atoms with E-state index >= 15 is 0 Å². The van der Waals surface area contributed by atoms with Crippen molar-refractivity contribution >= 4 is 0 Å². The lowest BCUT2D eigenvalue weighted by atomic mass is 10.3. The number of nitrogens with one attached hydrogen (secondary N) is 1. The van der Waals surface area contributed by atoms with E-state index in [1.165, 1.54) is 0 Å². The molecule has 0 atom stereocenters. The predicted molar refractivity (Wildman–Crippen MR) is 83.0 cm³/mol. The molecule has 0 spiro atoms. The highest BCUT2D eigenvalue weighted by Gasteiger charge is 1.98. The van der Waals surface area contributed by atoms with E-state index in [1.54, 1.807) is 0 Å². The lowest BCUT2D eigenvalue weighted by Crippen LogP contribution is -2.20. The summed E-state index contributed by atoms with van der Waals surface area (Å²) in [4.78, 5) is 0. The minimum Gasteiger partial charge on any atom is -0.494 e. The van der Waals surface area contributed by atoms with Crippen LogP contribution in [0, 0.1) is 0 Å². The number of ether oxygens (including phenoxy) is 2. The topological polar surface area (TPSA) is 50.7 Å². The summed E-state index contributed by atoms with van der Waals surface area (Å²) in [6.45, 7) is 2.29. The van der Waals surface area contributed by atoms with Gasteiger partial charge in [-0.3, -0.25) is 0 Å². The van der Waals surface area contributed by atoms with Gasteiger partial charge in [0.05, 0.1) is 13.2 Å². The summed E-state index contributed by atoms with van der Waals surface area (Å²) in [6.07, 6.45) is 0.905. The van der Waals surface area contributed by atoms with Gasteiger partial charge in [0.25, 0.3) is 0 Å². The van der Waals surface area contributed by atoms with E-state index in [1.807, 2.05) is 54.6 Å². The molecule has 0 radical (unpaired) electrons. The standard InChI is InChI=1S/C17H21NO3/c19-13-12-18-11-4-14-20-15-7-9-17(10-8-15)21-16-5-2-1-3-6-16/h1-3,5-10,18-19H,4,11-14H2. The molecule has 21 heavy (non-hydrogen) atoms. The Morgan fingerprint density at radius 1 is 0.810 bits per heavy atom. The van der Waals surface area contributed by atoms with Gasteiger partial charge in [-0.25, -0.2) is 0 Å². The second-order valence-electron chi connectivity index (χ2n) is 4.56. The summed E-state index contributed by atoms with van der Waals surface area (Å²) in [5.74, 6) is 2.44. The monoisotopic (exact) mass is 287 g/mol. The molecule has 0 saturated heterocycles. The molecule has 0 saturated carbocycles. The number of aliphatic hydroxyl groups excluding tert-OH is 1. The van der Waals surface area contributed by atoms with E-state index in [0.29, 0.717) is 13.2 Å². The van der Waals surface area contributed by atoms with Gasteiger partial charge >= 0.3 is 0 Å². The molecule has 0 amide bonds. The van der Waals surface area contributed by atoms with E-state index in [0.717, 1.165) is 30.2 Å². The van der Waals surface area contributed by atoms with Crippen LogP contribution in [-0.2, 0) is 0 Å². The van der Waals surface area contributed by atoms with E-state index in [9.17, 15) is 0 Å². The molecule has 4 nitrogen and oxygen atoms in total. The Morgan fingerprint density at radius 2 is 1.48 bits per heavy atom. The molecule has 0 heterocycles. The lowest BCUT2D eigenvalue weighted by Gasteiger charge is -2.08. The molecule has 0 bridgehead atoms. The Labute approximate surface area is 125 Å². The Balaban J connectivity index is 1.72. The molecule has 0 aliphatic carbocycles. The fourth-order valence-electron chi connectivity index (χ4n) is 1.82. The molecular formula is C17H21NO3. The maximum absolute atomic E-state index is 8.63. The lowest BCUT2D eigenvalue weighted by molar-refractivity contribution is 0.282. The van der Waals surface area contributed by atoms with Crippen molar-refractivity contribution in [3.63, 3.8) is 0 Å². The van der Waals surface area contributed by atoms with Gasteiger partial charge in [0.2, 0.25) is 0 Å². The number of aliphatic hydroxyl groups is 1. The van der Waals surface area contributed by atoms with Gasteiger partial charge in [0.1, 0.15) is 17.2 Å². The van der Waals surface area contributed by atoms with Gasteiger partial charge in [0, 0.05) is 6.54 Å². The second kappa shape index (κ2) is 9.00. The summed E-state index contributed by atoms with van der Waals surface area (Å²) in [5, 5.41) is 11.7. The van der Waals surface area contributed by atoms with Crippen LogP contribution < -0.4 is 14.8 Å². The number of benzene rings is 2. The van der Waals surface area contributed by atoms with Crippen molar-refractivity contribution in [1.82, 2.24) is 5.32 Å². The van der Waals surface area contributed by atoms with Crippen LogP contribution >= 0.6 is 0 Å². The fourth-order valence-corrected chi connectivity index (χ4v) is 1.82. The molecule has 2 rings (SSSR count). The molecule has 2 aromatic rings. The summed E-state index contributed by atoms with van der Waals surface area (Å²) >= 11 is 0. The molecular weight excluding hydrogens is 266 g/mol. The first-order valence-corrected chi connectivity index (χ1v) is 7.16. The number of para-hydroxylation sites is 1. The molecule has 0 aliphatic rings. The smallest absolute Gasteiger partial charge is 0.127 e. The van der Waals surface area contributed by atoms with Crippen molar-refractivity contribution in [3.8, 4) is 17.2 Å². The van der Waals surface area contributed by atoms with E-state index in [-0.39, 0.29) is 6.61 Å². The summed E-state index contributed by atoms with van der Waals surface area (Å²) < 4.78 is 11.3. The van der Waals surface area contributed by atoms with Crippen molar-refractivity contribution < 1.29 is 14.6 Å². The van der Waals surface area contributed by atoms with Crippen LogP contribution in [0.15, 0.2) is 54.6 Å². The van der Waals surface area contributed by atoms with Crippen LogP contribution in [0.2, 0.25) is 0 Å².